The molecule has 0 aromatic rings. The van der Waals surface area contributed by atoms with E-state index in [4.69, 9.17) is 9.84 Å². The molecule has 1 atom stereocenters. The Morgan fingerprint density at radius 3 is 2.31 bits per heavy atom. The third-order valence-corrected chi connectivity index (χ3v) is 1.23. The number of carbonyl (C=O) groups is 1. The maximum Gasteiger partial charge on any atom is 0.408 e. The largest absolute Gasteiger partial charge is 0.511 e. The Hall–Kier alpha value is -1.19. The predicted octanol–water partition coefficient (Wildman–Crippen LogP) is 1.97. The fraction of sp³-hybridized carbons (Fsp3) is 0.667. The molecule has 0 fully saturated rings. The van der Waals surface area contributed by atoms with Crippen molar-refractivity contribution in [3.05, 3.63) is 12.3 Å². The first-order chi connectivity index (χ1) is 5.72. The van der Waals surface area contributed by atoms with E-state index < -0.39 is 17.7 Å². The molecule has 1 amide bonds. The molecule has 0 aliphatic heterocycles. The van der Waals surface area contributed by atoms with Gasteiger partial charge in [-0.25, -0.2) is 4.79 Å². The van der Waals surface area contributed by atoms with Gasteiger partial charge in [0.15, 0.2) is 0 Å². The van der Waals surface area contributed by atoms with Crippen LogP contribution in [0, 0.1) is 0 Å². The third kappa shape index (κ3) is 6.02. The lowest BCUT2D eigenvalue weighted by molar-refractivity contribution is 0.0506. The van der Waals surface area contributed by atoms with Crippen LogP contribution in [0.4, 0.5) is 4.79 Å². The van der Waals surface area contributed by atoms with Crippen LogP contribution >= 0.6 is 0 Å². The van der Waals surface area contributed by atoms with Gasteiger partial charge in [-0.05, 0) is 27.7 Å². The highest BCUT2D eigenvalue weighted by atomic mass is 16.6. The second kappa shape index (κ2) is 4.16. The van der Waals surface area contributed by atoms with E-state index in [0.717, 1.165) is 0 Å². The molecule has 0 saturated heterocycles. The van der Waals surface area contributed by atoms with Crippen molar-refractivity contribution in [1.29, 1.82) is 0 Å². The Morgan fingerprint density at radius 2 is 2.00 bits per heavy atom. The first-order valence-corrected chi connectivity index (χ1v) is 4.09. The lowest BCUT2D eigenvalue weighted by atomic mass is 10.2. The third-order valence-electron chi connectivity index (χ3n) is 1.23. The van der Waals surface area contributed by atoms with Gasteiger partial charge in [0, 0.05) is 0 Å². The lowest BCUT2D eigenvalue weighted by Crippen LogP contribution is -2.38. The molecular formula is C9H17NO3. The summed E-state index contributed by atoms with van der Waals surface area (Å²) in [5.74, 6) is -0.0918. The van der Waals surface area contributed by atoms with Crippen molar-refractivity contribution < 1.29 is 14.6 Å². The molecular weight excluding hydrogens is 170 g/mol. The van der Waals surface area contributed by atoms with Crippen LogP contribution in [0.2, 0.25) is 0 Å². The maximum absolute atomic E-state index is 11.1. The average Bonchev–Trinajstić information content (AvgIpc) is 1.81. The highest BCUT2D eigenvalue weighted by Gasteiger charge is 2.18. The fourth-order valence-corrected chi connectivity index (χ4v) is 0.568. The van der Waals surface area contributed by atoms with Gasteiger partial charge in [-0.1, -0.05) is 6.58 Å². The summed E-state index contributed by atoms with van der Waals surface area (Å²) in [6, 6.07) is -0.491. The van der Waals surface area contributed by atoms with Crippen molar-refractivity contribution in [1.82, 2.24) is 5.32 Å². The summed E-state index contributed by atoms with van der Waals surface area (Å²) in [5, 5.41) is 11.3. The van der Waals surface area contributed by atoms with Crippen LogP contribution in [0.1, 0.15) is 27.7 Å². The molecule has 0 saturated carbocycles. The van der Waals surface area contributed by atoms with Crippen LogP contribution in [0.25, 0.3) is 0 Å². The number of carbonyl (C=O) groups excluding carboxylic acids is 1. The zero-order valence-corrected chi connectivity index (χ0v) is 8.55. The number of amides is 1. The molecule has 2 N–H and O–H groups in total. The molecule has 0 aliphatic rings. The lowest BCUT2D eigenvalue weighted by Gasteiger charge is -2.21. The van der Waals surface area contributed by atoms with E-state index in [9.17, 15) is 4.79 Å². The van der Waals surface area contributed by atoms with E-state index >= 15 is 0 Å². The van der Waals surface area contributed by atoms with Gasteiger partial charge in [-0.15, -0.1) is 0 Å². The standard InChI is InChI=1S/C9H17NO3/c1-6(7(2)11)10-8(12)13-9(3,4)5/h6,11H,2H2,1,3-5H3,(H,10,12). The normalized spacial score (nSPS) is 13.2. The van der Waals surface area contributed by atoms with Gasteiger partial charge in [0.25, 0.3) is 0 Å². The number of hydrogen-bond acceptors (Lipinski definition) is 3. The maximum atomic E-state index is 11.1. The van der Waals surface area contributed by atoms with Crippen molar-refractivity contribution in [2.24, 2.45) is 0 Å². The summed E-state index contributed by atoms with van der Waals surface area (Å²) >= 11 is 0. The first kappa shape index (κ1) is 11.8. The Morgan fingerprint density at radius 1 is 1.54 bits per heavy atom. The van der Waals surface area contributed by atoms with Crippen molar-refractivity contribution in [2.45, 2.75) is 39.3 Å². The summed E-state index contributed by atoms with van der Waals surface area (Å²) in [6.45, 7) is 10.2. The van der Waals surface area contributed by atoms with Crippen LogP contribution in [0.15, 0.2) is 12.3 Å². The summed E-state index contributed by atoms with van der Waals surface area (Å²) in [4.78, 5) is 11.1. The van der Waals surface area contributed by atoms with E-state index in [1.54, 1.807) is 27.7 Å². The predicted molar refractivity (Wildman–Crippen MR) is 50.6 cm³/mol. The van der Waals surface area contributed by atoms with Crippen molar-refractivity contribution >= 4 is 6.09 Å². The molecule has 4 nitrogen and oxygen atoms in total. The number of nitrogens with one attached hydrogen (secondary N) is 1. The molecule has 0 aliphatic carbocycles. The molecule has 0 heterocycles. The molecule has 76 valence electrons. The second-order valence-corrected chi connectivity index (χ2v) is 3.86. The van der Waals surface area contributed by atoms with Gasteiger partial charge in [-0.2, -0.15) is 0 Å². The zero-order valence-electron chi connectivity index (χ0n) is 8.55. The molecule has 1 unspecified atom stereocenters. The minimum Gasteiger partial charge on any atom is -0.511 e. The van der Waals surface area contributed by atoms with Crippen LogP contribution in [-0.4, -0.2) is 22.8 Å². The van der Waals surface area contributed by atoms with E-state index in [-0.39, 0.29) is 5.76 Å². The number of aliphatic hydroxyl groups is 1. The number of aliphatic hydroxyl groups excluding tert-OH is 1. The minimum atomic E-state index is -0.560. The molecule has 0 rings (SSSR count). The first-order valence-electron chi connectivity index (χ1n) is 4.09. The van der Waals surface area contributed by atoms with Gasteiger partial charge < -0.3 is 15.2 Å². The monoisotopic (exact) mass is 187 g/mol. The Labute approximate surface area is 78.6 Å². The van der Waals surface area contributed by atoms with Crippen molar-refractivity contribution in [3.8, 4) is 0 Å². The van der Waals surface area contributed by atoms with Gasteiger partial charge >= 0.3 is 6.09 Å². The molecule has 0 radical (unpaired) electrons. The Bertz CT molecular complexity index is 205. The van der Waals surface area contributed by atoms with Gasteiger partial charge in [0.1, 0.15) is 11.4 Å². The SMILES string of the molecule is C=C(O)C(C)NC(=O)OC(C)(C)C. The summed E-state index contributed by atoms with van der Waals surface area (Å²) < 4.78 is 4.96. The highest BCUT2D eigenvalue weighted by Crippen LogP contribution is 2.07. The van der Waals surface area contributed by atoms with Crippen LogP contribution in [0.3, 0.4) is 0 Å². The zero-order chi connectivity index (χ0) is 10.6. The quantitative estimate of drug-likeness (QED) is 0.650. The van der Waals surface area contributed by atoms with E-state index in [2.05, 4.69) is 11.9 Å². The fourth-order valence-electron chi connectivity index (χ4n) is 0.568. The van der Waals surface area contributed by atoms with Crippen molar-refractivity contribution in [3.63, 3.8) is 0 Å². The molecule has 13 heavy (non-hydrogen) atoms. The Balaban J connectivity index is 3.96. The average molecular weight is 187 g/mol. The number of alkyl carbamates (subject to hydrolysis) is 1. The van der Waals surface area contributed by atoms with E-state index in [1.165, 1.54) is 0 Å². The van der Waals surface area contributed by atoms with Gasteiger partial charge in [-0.3, -0.25) is 0 Å². The van der Waals surface area contributed by atoms with Crippen LogP contribution in [-0.2, 0) is 4.74 Å². The van der Waals surface area contributed by atoms with Gasteiger partial charge in [0.05, 0.1) is 6.04 Å². The Kier molecular flexibility index (Phi) is 3.78. The summed E-state index contributed by atoms with van der Waals surface area (Å²) in [5.41, 5.74) is -0.527. The second-order valence-electron chi connectivity index (χ2n) is 3.86. The van der Waals surface area contributed by atoms with E-state index in [1.807, 2.05) is 0 Å². The van der Waals surface area contributed by atoms with Crippen LogP contribution in [0.5, 0.6) is 0 Å². The van der Waals surface area contributed by atoms with E-state index in [0.29, 0.717) is 0 Å². The minimum absolute atomic E-state index is 0.0918. The summed E-state index contributed by atoms with van der Waals surface area (Å²) in [7, 11) is 0. The van der Waals surface area contributed by atoms with Gasteiger partial charge in [0.2, 0.25) is 0 Å². The molecule has 0 aromatic heterocycles. The number of rotatable bonds is 2. The summed E-state index contributed by atoms with van der Waals surface area (Å²) in [6.07, 6.45) is -0.560. The molecule has 4 heteroatoms. The number of hydrogen-bond donors (Lipinski definition) is 2. The molecule has 0 spiro atoms. The van der Waals surface area contributed by atoms with Crippen LogP contribution < -0.4 is 5.32 Å². The number of ether oxygens (including phenoxy) is 1. The topological polar surface area (TPSA) is 58.6 Å². The molecule has 0 bridgehead atoms. The van der Waals surface area contributed by atoms with Crippen molar-refractivity contribution in [2.75, 3.05) is 0 Å². The smallest absolute Gasteiger partial charge is 0.408 e. The molecule has 0 aromatic carbocycles. The highest BCUT2D eigenvalue weighted by molar-refractivity contribution is 5.68.